The predicted molar refractivity (Wildman–Crippen MR) is 46.3 cm³/mol. The number of nitrogens with two attached hydrogens (primary N) is 1. The van der Waals surface area contributed by atoms with Crippen LogP contribution in [0.1, 0.15) is 27.2 Å². The maximum absolute atomic E-state index is 10.3. The van der Waals surface area contributed by atoms with Crippen molar-refractivity contribution in [1.82, 2.24) is 0 Å². The summed E-state index contributed by atoms with van der Waals surface area (Å²) >= 11 is 0. The molecule has 68 valence electrons. The van der Waals surface area contributed by atoms with Crippen LogP contribution in [0.5, 0.6) is 0 Å². The van der Waals surface area contributed by atoms with E-state index in [1.807, 2.05) is 13.8 Å². The molecular formula is C8H19NO2. The molecule has 0 atom stereocenters. The Morgan fingerprint density at radius 1 is 1.55 bits per heavy atom. The van der Waals surface area contributed by atoms with Crippen molar-refractivity contribution >= 4 is 5.78 Å². The summed E-state index contributed by atoms with van der Waals surface area (Å²) in [4.78, 5) is 10.3. The first-order chi connectivity index (χ1) is 5.04. The largest absolute Gasteiger partial charge is 0.395 e. The van der Waals surface area contributed by atoms with Crippen LogP contribution in [0.2, 0.25) is 0 Å². The normalized spacial score (nSPS) is 8.91. The summed E-state index contributed by atoms with van der Waals surface area (Å²) in [7, 11) is 0. The topological polar surface area (TPSA) is 63.3 Å². The van der Waals surface area contributed by atoms with Crippen molar-refractivity contribution in [3.05, 3.63) is 0 Å². The molecule has 0 spiro atoms. The Balaban J connectivity index is 0. The van der Waals surface area contributed by atoms with Gasteiger partial charge in [0.2, 0.25) is 0 Å². The number of carbonyl (C=O) groups is 1. The molecule has 0 aliphatic carbocycles. The van der Waals surface area contributed by atoms with E-state index >= 15 is 0 Å². The van der Waals surface area contributed by atoms with Gasteiger partial charge in [-0.25, -0.2) is 0 Å². The molecule has 0 fully saturated rings. The van der Waals surface area contributed by atoms with Crippen molar-refractivity contribution in [1.29, 1.82) is 0 Å². The van der Waals surface area contributed by atoms with Crippen molar-refractivity contribution in [2.24, 2.45) is 11.7 Å². The summed E-state index contributed by atoms with van der Waals surface area (Å²) in [5.74, 6) is 0.813. The molecule has 0 heterocycles. The van der Waals surface area contributed by atoms with Gasteiger partial charge in [0.15, 0.2) is 0 Å². The van der Waals surface area contributed by atoms with Gasteiger partial charge in [0.1, 0.15) is 5.78 Å². The molecule has 3 heteroatoms. The van der Waals surface area contributed by atoms with Gasteiger partial charge in [-0.05, 0) is 12.8 Å². The number of rotatable bonds is 3. The van der Waals surface area contributed by atoms with Crippen LogP contribution in [0.15, 0.2) is 0 Å². The second-order valence-corrected chi connectivity index (χ2v) is 2.81. The molecule has 0 saturated heterocycles. The van der Waals surface area contributed by atoms with E-state index in [4.69, 9.17) is 10.8 Å². The number of ketones is 1. The molecule has 0 aromatic heterocycles. The Morgan fingerprint density at radius 3 is 1.91 bits per heavy atom. The highest BCUT2D eigenvalue weighted by atomic mass is 16.3. The molecule has 0 saturated carbocycles. The molecule has 0 aromatic rings. The highest BCUT2D eigenvalue weighted by molar-refractivity contribution is 5.75. The lowest BCUT2D eigenvalue weighted by atomic mass is 10.1. The number of aliphatic hydroxyl groups is 1. The lowest BCUT2D eigenvalue weighted by molar-refractivity contribution is -0.117. The van der Waals surface area contributed by atoms with Crippen molar-refractivity contribution in [2.45, 2.75) is 27.2 Å². The average Bonchev–Trinajstić information content (AvgIpc) is 1.85. The molecule has 0 amide bonds. The van der Waals surface area contributed by atoms with Crippen molar-refractivity contribution in [3.63, 3.8) is 0 Å². The summed E-state index contributed by atoms with van der Waals surface area (Å²) in [6.45, 7) is 6.18. The first kappa shape index (κ1) is 13.2. The first-order valence-electron chi connectivity index (χ1n) is 3.85. The molecule has 0 bridgehead atoms. The number of carbonyl (C=O) groups excluding carboxylic acids is 1. The van der Waals surface area contributed by atoms with Gasteiger partial charge < -0.3 is 15.6 Å². The third kappa shape index (κ3) is 26.2. The van der Waals surface area contributed by atoms with Gasteiger partial charge in [-0.15, -0.1) is 0 Å². The third-order valence-electron chi connectivity index (χ3n) is 0.825. The summed E-state index contributed by atoms with van der Waals surface area (Å²) in [6, 6.07) is 0. The van der Waals surface area contributed by atoms with Crippen LogP contribution in [-0.4, -0.2) is 24.0 Å². The maximum Gasteiger partial charge on any atom is 0.130 e. The molecule has 0 unspecified atom stereocenters. The Hall–Kier alpha value is -0.410. The third-order valence-corrected chi connectivity index (χ3v) is 0.825. The van der Waals surface area contributed by atoms with Crippen LogP contribution in [-0.2, 0) is 4.79 Å². The fourth-order valence-electron chi connectivity index (χ4n) is 0.575. The van der Waals surface area contributed by atoms with Gasteiger partial charge in [-0.2, -0.15) is 0 Å². The number of hydrogen-bond acceptors (Lipinski definition) is 3. The maximum atomic E-state index is 10.3. The van der Waals surface area contributed by atoms with Crippen LogP contribution in [0.3, 0.4) is 0 Å². The van der Waals surface area contributed by atoms with Crippen molar-refractivity contribution in [2.75, 3.05) is 13.2 Å². The van der Waals surface area contributed by atoms with E-state index in [9.17, 15) is 4.79 Å². The van der Waals surface area contributed by atoms with E-state index in [0.717, 1.165) is 6.42 Å². The molecule has 0 aromatic carbocycles. The van der Waals surface area contributed by atoms with Crippen LogP contribution in [0.4, 0.5) is 0 Å². The lowest BCUT2D eigenvalue weighted by Crippen LogP contribution is -2.02. The number of Topliss-reactive ketones (excluding diaryl/α,β-unsaturated/α-hetero) is 1. The SMILES string of the molecule is CC(=O)CC(C)C.NCCO. The molecule has 0 rings (SSSR count). The van der Waals surface area contributed by atoms with E-state index in [-0.39, 0.29) is 12.4 Å². The highest BCUT2D eigenvalue weighted by Crippen LogP contribution is 1.97. The standard InChI is InChI=1S/C6H12O.C2H7NO/c1-5(2)4-6(3)7;3-1-2-4/h5H,4H2,1-3H3;4H,1-3H2. The zero-order chi connectivity index (χ0) is 9.28. The lowest BCUT2D eigenvalue weighted by Gasteiger charge is -1.95. The molecule has 3 nitrogen and oxygen atoms in total. The monoisotopic (exact) mass is 161 g/mol. The van der Waals surface area contributed by atoms with Crippen LogP contribution in [0.25, 0.3) is 0 Å². The minimum atomic E-state index is 0.0972. The fraction of sp³-hybridized carbons (Fsp3) is 0.875. The second-order valence-electron chi connectivity index (χ2n) is 2.81. The summed E-state index contributed by atoms with van der Waals surface area (Å²) in [6.07, 6.45) is 0.722. The minimum Gasteiger partial charge on any atom is -0.395 e. The van der Waals surface area contributed by atoms with Gasteiger partial charge in [0, 0.05) is 13.0 Å². The number of aliphatic hydroxyl groups excluding tert-OH is 1. The Morgan fingerprint density at radius 2 is 1.91 bits per heavy atom. The van der Waals surface area contributed by atoms with E-state index < -0.39 is 0 Å². The fourth-order valence-corrected chi connectivity index (χ4v) is 0.575. The van der Waals surface area contributed by atoms with Gasteiger partial charge in [-0.1, -0.05) is 13.8 Å². The van der Waals surface area contributed by atoms with Gasteiger partial charge >= 0.3 is 0 Å². The van der Waals surface area contributed by atoms with Crippen LogP contribution >= 0.6 is 0 Å². The summed E-state index contributed by atoms with van der Waals surface area (Å²) in [5, 5.41) is 7.75. The predicted octanol–water partition coefficient (Wildman–Crippen LogP) is 0.559. The van der Waals surface area contributed by atoms with E-state index in [1.165, 1.54) is 0 Å². The van der Waals surface area contributed by atoms with E-state index in [1.54, 1.807) is 6.92 Å². The summed E-state index contributed by atoms with van der Waals surface area (Å²) < 4.78 is 0. The Labute approximate surface area is 68.6 Å². The van der Waals surface area contributed by atoms with Crippen LogP contribution in [0, 0.1) is 5.92 Å². The Kier molecular flexibility index (Phi) is 11.5. The van der Waals surface area contributed by atoms with Gasteiger partial charge in [-0.3, -0.25) is 0 Å². The van der Waals surface area contributed by atoms with Crippen LogP contribution < -0.4 is 5.73 Å². The molecule has 11 heavy (non-hydrogen) atoms. The van der Waals surface area contributed by atoms with E-state index in [2.05, 4.69) is 0 Å². The van der Waals surface area contributed by atoms with Crippen molar-refractivity contribution < 1.29 is 9.90 Å². The summed E-state index contributed by atoms with van der Waals surface area (Å²) in [5.41, 5.74) is 4.78. The molecular weight excluding hydrogens is 142 g/mol. The van der Waals surface area contributed by atoms with Gasteiger partial charge in [0.05, 0.1) is 6.61 Å². The quantitative estimate of drug-likeness (QED) is 0.635. The minimum absolute atomic E-state index is 0.0972. The van der Waals surface area contributed by atoms with Crippen molar-refractivity contribution in [3.8, 4) is 0 Å². The second kappa shape index (κ2) is 9.59. The zero-order valence-electron chi connectivity index (χ0n) is 7.63. The smallest absolute Gasteiger partial charge is 0.130 e. The molecule has 3 N–H and O–H groups in total. The van der Waals surface area contributed by atoms with E-state index in [0.29, 0.717) is 12.5 Å². The number of hydrogen-bond donors (Lipinski definition) is 2. The Bertz CT molecular complexity index is 90.1. The average molecular weight is 161 g/mol. The molecule has 0 aliphatic heterocycles. The molecule has 0 radical (unpaired) electrons. The zero-order valence-corrected chi connectivity index (χ0v) is 7.63. The van der Waals surface area contributed by atoms with Gasteiger partial charge in [0.25, 0.3) is 0 Å². The molecule has 0 aliphatic rings. The first-order valence-corrected chi connectivity index (χ1v) is 3.85. The highest BCUT2D eigenvalue weighted by Gasteiger charge is 1.95.